The van der Waals surface area contributed by atoms with E-state index < -0.39 is 9.05 Å². The van der Waals surface area contributed by atoms with Gasteiger partial charge < -0.3 is 4.74 Å². The number of rotatable bonds is 4. The normalized spacial score (nSPS) is 15.2. The van der Waals surface area contributed by atoms with Gasteiger partial charge in [-0.1, -0.05) is 11.6 Å². The third kappa shape index (κ3) is 2.63. The Bertz CT molecular complexity index is 797. The maximum Gasteiger partial charge on any atom is 0.296 e. The van der Waals surface area contributed by atoms with Crippen molar-refractivity contribution in [3.05, 3.63) is 23.8 Å². The minimum atomic E-state index is -3.93. The first-order valence-corrected chi connectivity index (χ1v) is 8.77. The molecule has 3 rings (SSSR count). The lowest BCUT2D eigenvalue weighted by Crippen LogP contribution is -2.06. The van der Waals surface area contributed by atoms with E-state index in [0.29, 0.717) is 17.1 Å². The summed E-state index contributed by atoms with van der Waals surface area (Å²) in [5, 5.41) is 7.60. The lowest BCUT2D eigenvalue weighted by atomic mass is 10.1. The van der Waals surface area contributed by atoms with Crippen molar-refractivity contribution in [3.63, 3.8) is 0 Å². The SMILES string of the molecule is COc1ccc(C)cc1-c1nnc(S(=O)(=O)Cl)n1C1CC1. The number of hydrogen-bond acceptors (Lipinski definition) is 5. The molecule has 1 aromatic carbocycles. The molecule has 0 amide bonds. The summed E-state index contributed by atoms with van der Waals surface area (Å²) in [6.45, 7) is 1.94. The fourth-order valence-electron chi connectivity index (χ4n) is 2.29. The number of ether oxygens (including phenoxy) is 1. The second-order valence-electron chi connectivity index (χ2n) is 5.05. The molecular formula is C13H14ClN3O3S. The molecule has 0 spiro atoms. The number of hydrogen-bond donors (Lipinski definition) is 0. The predicted molar refractivity (Wildman–Crippen MR) is 78.1 cm³/mol. The van der Waals surface area contributed by atoms with Gasteiger partial charge in [0.15, 0.2) is 5.82 Å². The van der Waals surface area contributed by atoms with Gasteiger partial charge >= 0.3 is 0 Å². The summed E-state index contributed by atoms with van der Waals surface area (Å²) in [5.41, 5.74) is 1.73. The molecule has 1 heterocycles. The van der Waals surface area contributed by atoms with Gasteiger partial charge in [0.2, 0.25) is 0 Å². The number of benzene rings is 1. The van der Waals surface area contributed by atoms with E-state index in [4.69, 9.17) is 15.4 Å². The summed E-state index contributed by atoms with van der Waals surface area (Å²) in [6.07, 6.45) is 1.77. The molecular weight excluding hydrogens is 314 g/mol. The van der Waals surface area contributed by atoms with Crippen LogP contribution in [0.15, 0.2) is 23.4 Å². The van der Waals surface area contributed by atoms with E-state index >= 15 is 0 Å². The van der Waals surface area contributed by atoms with E-state index in [1.54, 1.807) is 11.7 Å². The van der Waals surface area contributed by atoms with Crippen molar-refractivity contribution in [1.82, 2.24) is 14.8 Å². The van der Waals surface area contributed by atoms with E-state index in [1.165, 1.54) is 0 Å². The molecule has 0 atom stereocenters. The van der Waals surface area contributed by atoms with Gasteiger partial charge in [0.05, 0.1) is 12.7 Å². The summed E-state index contributed by atoms with van der Waals surface area (Å²) in [7, 11) is 3.09. The average molecular weight is 328 g/mol. The highest BCUT2D eigenvalue weighted by Gasteiger charge is 2.34. The quantitative estimate of drug-likeness (QED) is 0.807. The molecule has 2 aromatic rings. The molecule has 0 saturated heterocycles. The van der Waals surface area contributed by atoms with Crippen molar-refractivity contribution in [3.8, 4) is 17.1 Å². The number of methoxy groups -OCH3 is 1. The molecule has 0 aliphatic heterocycles. The second-order valence-corrected chi connectivity index (χ2v) is 7.51. The van der Waals surface area contributed by atoms with Crippen LogP contribution >= 0.6 is 10.7 Å². The van der Waals surface area contributed by atoms with Crippen LogP contribution in [0.5, 0.6) is 5.75 Å². The van der Waals surface area contributed by atoms with Crippen LogP contribution in [-0.2, 0) is 9.05 Å². The van der Waals surface area contributed by atoms with Crippen molar-refractivity contribution in [2.45, 2.75) is 31.0 Å². The Morgan fingerprint density at radius 3 is 2.62 bits per heavy atom. The Kier molecular flexibility index (Phi) is 3.41. The van der Waals surface area contributed by atoms with Crippen LogP contribution in [0, 0.1) is 6.92 Å². The Labute approximate surface area is 127 Å². The standard InChI is InChI=1S/C13H14ClN3O3S/c1-8-3-6-11(20-2)10(7-8)12-15-16-13(21(14,18)19)17(12)9-4-5-9/h3,6-7,9H,4-5H2,1-2H3. The zero-order valence-corrected chi connectivity index (χ0v) is 13.1. The Morgan fingerprint density at radius 1 is 1.33 bits per heavy atom. The molecule has 0 N–H and O–H groups in total. The summed E-state index contributed by atoms with van der Waals surface area (Å²) in [6, 6.07) is 5.71. The minimum Gasteiger partial charge on any atom is -0.496 e. The molecule has 112 valence electrons. The molecule has 1 aliphatic carbocycles. The van der Waals surface area contributed by atoms with E-state index in [-0.39, 0.29) is 11.2 Å². The minimum absolute atomic E-state index is 0.0729. The average Bonchev–Trinajstić information content (AvgIpc) is 3.15. The second kappa shape index (κ2) is 4.99. The number of halogens is 1. The van der Waals surface area contributed by atoms with Crippen molar-refractivity contribution >= 4 is 19.7 Å². The maximum atomic E-state index is 11.7. The van der Waals surface area contributed by atoms with Gasteiger partial charge in [-0.2, -0.15) is 0 Å². The molecule has 0 unspecified atom stereocenters. The van der Waals surface area contributed by atoms with Crippen molar-refractivity contribution in [2.75, 3.05) is 7.11 Å². The van der Waals surface area contributed by atoms with E-state index in [0.717, 1.165) is 18.4 Å². The number of nitrogens with zero attached hydrogens (tertiary/aromatic N) is 3. The molecule has 1 saturated carbocycles. The molecule has 6 nitrogen and oxygen atoms in total. The van der Waals surface area contributed by atoms with Crippen LogP contribution in [0.3, 0.4) is 0 Å². The highest BCUT2D eigenvalue weighted by molar-refractivity contribution is 8.13. The smallest absolute Gasteiger partial charge is 0.296 e. The van der Waals surface area contributed by atoms with Crippen LogP contribution in [0.4, 0.5) is 0 Å². The van der Waals surface area contributed by atoms with E-state index in [2.05, 4.69) is 10.2 Å². The molecule has 8 heteroatoms. The highest BCUT2D eigenvalue weighted by Crippen LogP contribution is 2.42. The lowest BCUT2D eigenvalue weighted by Gasteiger charge is -2.11. The predicted octanol–water partition coefficient (Wildman–Crippen LogP) is 2.52. The lowest BCUT2D eigenvalue weighted by molar-refractivity contribution is 0.415. The Hall–Kier alpha value is -1.60. The maximum absolute atomic E-state index is 11.7. The largest absolute Gasteiger partial charge is 0.496 e. The van der Waals surface area contributed by atoms with Gasteiger partial charge in [0.1, 0.15) is 5.75 Å². The number of aromatic nitrogens is 3. The third-order valence-electron chi connectivity index (χ3n) is 3.39. The molecule has 1 fully saturated rings. The topological polar surface area (TPSA) is 74.1 Å². The molecule has 0 bridgehead atoms. The van der Waals surface area contributed by atoms with Crippen molar-refractivity contribution < 1.29 is 13.2 Å². The Balaban J connectivity index is 2.24. The van der Waals surface area contributed by atoms with Gasteiger partial charge in [-0.25, -0.2) is 8.42 Å². The Morgan fingerprint density at radius 2 is 2.05 bits per heavy atom. The van der Waals surface area contributed by atoms with Crippen LogP contribution < -0.4 is 4.74 Å². The first-order chi connectivity index (χ1) is 9.91. The third-order valence-corrected chi connectivity index (χ3v) is 4.52. The first kappa shape index (κ1) is 14.3. The fourth-order valence-corrected chi connectivity index (χ4v) is 3.21. The summed E-state index contributed by atoms with van der Waals surface area (Å²) in [4.78, 5) is 0. The molecule has 1 aliphatic rings. The first-order valence-electron chi connectivity index (χ1n) is 6.46. The van der Waals surface area contributed by atoms with Gasteiger partial charge in [-0.15, -0.1) is 10.2 Å². The van der Waals surface area contributed by atoms with Crippen LogP contribution in [0.2, 0.25) is 0 Å². The molecule has 1 aromatic heterocycles. The zero-order chi connectivity index (χ0) is 15.2. The van der Waals surface area contributed by atoms with E-state index in [9.17, 15) is 8.42 Å². The van der Waals surface area contributed by atoms with Crippen molar-refractivity contribution in [2.24, 2.45) is 0 Å². The fraction of sp³-hybridized carbons (Fsp3) is 0.385. The van der Waals surface area contributed by atoms with Crippen molar-refractivity contribution in [1.29, 1.82) is 0 Å². The number of aryl methyl sites for hydroxylation is 1. The van der Waals surface area contributed by atoms with Gasteiger partial charge in [0, 0.05) is 16.7 Å². The molecule has 21 heavy (non-hydrogen) atoms. The van der Waals surface area contributed by atoms with Crippen LogP contribution in [0.25, 0.3) is 11.4 Å². The monoisotopic (exact) mass is 327 g/mol. The van der Waals surface area contributed by atoms with Gasteiger partial charge in [0.25, 0.3) is 14.2 Å². The van der Waals surface area contributed by atoms with Crippen LogP contribution in [-0.4, -0.2) is 30.3 Å². The van der Waals surface area contributed by atoms with Gasteiger partial charge in [-0.05, 0) is 31.9 Å². The highest BCUT2D eigenvalue weighted by atomic mass is 35.7. The summed E-state index contributed by atoms with van der Waals surface area (Å²) < 4.78 is 30.3. The van der Waals surface area contributed by atoms with E-state index in [1.807, 2.05) is 25.1 Å². The van der Waals surface area contributed by atoms with Gasteiger partial charge in [-0.3, -0.25) is 4.57 Å². The molecule has 0 radical (unpaired) electrons. The summed E-state index contributed by atoms with van der Waals surface area (Å²) >= 11 is 0. The van der Waals surface area contributed by atoms with Crippen LogP contribution in [0.1, 0.15) is 24.4 Å². The summed E-state index contributed by atoms with van der Waals surface area (Å²) in [5.74, 6) is 1.09. The zero-order valence-electron chi connectivity index (χ0n) is 11.6.